The normalized spacial score (nSPS) is 38.4. The Morgan fingerprint density at radius 2 is 1.47 bits per heavy atom. The second kappa shape index (κ2) is 11.9. The molecule has 0 bridgehead atoms. The van der Waals surface area contributed by atoms with Crippen LogP contribution in [0, 0.1) is 6.57 Å². The predicted molar refractivity (Wildman–Crippen MR) is 107 cm³/mol. The van der Waals surface area contributed by atoms with E-state index in [1.165, 1.54) is 0 Å². The fourth-order valence-electron chi connectivity index (χ4n) is 3.96. The monoisotopic (exact) mass is 451 g/mol. The molecule has 9 atom stereocenters. The largest absolute Gasteiger partial charge is 0.475 e. The van der Waals surface area contributed by atoms with Crippen LogP contribution in [0.1, 0.15) is 27.2 Å². The van der Waals surface area contributed by atoms with Crippen molar-refractivity contribution >= 4 is 7.82 Å². The van der Waals surface area contributed by atoms with Crippen LogP contribution >= 0.6 is 7.82 Å². The molecule has 10 nitrogen and oxygen atoms in total. The molecular weight excluding hydrogens is 417 g/mol. The minimum atomic E-state index is -4.04. The molecule has 11 heteroatoms. The van der Waals surface area contributed by atoms with E-state index in [2.05, 4.69) is 4.85 Å². The van der Waals surface area contributed by atoms with Crippen LogP contribution in [0.2, 0.25) is 0 Å². The van der Waals surface area contributed by atoms with Crippen LogP contribution in [0.15, 0.2) is 0 Å². The van der Waals surface area contributed by atoms with Gasteiger partial charge in [0, 0.05) is 21.3 Å². The summed E-state index contributed by atoms with van der Waals surface area (Å²) in [7, 11) is 0.642. The molecule has 0 aromatic carbocycles. The smallest absolute Gasteiger partial charge is 0.376 e. The maximum absolute atomic E-state index is 13.4. The molecule has 3 unspecified atom stereocenters. The summed E-state index contributed by atoms with van der Waals surface area (Å²) < 4.78 is 58.5. The minimum Gasteiger partial charge on any atom is -0.376 e. The lowest BCUT2D eigenvalue weighted by Crippen LogP contribution is -2.38. The minimum absolute atomic E-state index is 0.0304. The third kappa shape index (κ3) is 6.00. The maximum atomic E-state index is 13.4. The molecule has 174 valence electrons. The maximum Gasteiger partial charge on any atom is 0.475 e. The average molecular weight is 451 g/mol. The predicted octanol–water partition coefficient (Wildman–Crippen LogP) is 2.46. The number of rotatable bonds is 12. The van der Waals surface area contributed by atoms with E-state index in [-0.39, 0.29) is 44.2 Å². The van der Waals surface area contributed by atoms with Gasteiger partial charge >= 0.3 is 7.82 Å². The SMILES string of the molecule is [C-]#[N+]CCOP(=O)(OC[C@H]1O[C@@H](C)[C@@H](OC)C1OC)OC1[C@@H](CC)O[C@@H](C)[C@H]1OC. The van der Waals surface area contributed by atoms with Gasteiger partial charge in [-0.3, -0.25) is 13.6 Å². The zero-order valence-electron chi connectivity index (χ0n) is 18.5. The van der Waals surface area contributed by atoms with Crippen molar-refractivity contribution < 1.29 is 41.8 Å². The van der Waals surface area contributed by atoms with Crippen LogP contribution in [0.4, 0.5) is 0 Å². The highest BCUT2D eigenvalue weighted by Gasteiger charge is 2.49. The summed E-state index contributed by atoms with van der Waals surface area (Å²) in [4.78, 5) is 3.22. The van der Waals surface area contributed by atoms with Gasteiger partial charge < -0.3 is 28.5 Å². The number of hydrogen-bond donors (Lipinski definition) is 0. The van der Waals surface area contributed by atoms with Gasteiger partial charge in [0.15, 0.2) is 0 Å². The Morgan fingerprint density at radius 1 is 0.900 bits per heavy atom. The highest BCUT2D eigenvalue weighted by atomic mass is 31.2. The summed E-state index contributed by atoms with van der Waals surface area (Å²) in [5.41, 5.74) is 0. The second-order valence-corrected chi connectivity index (χ2v) is 8.92. The Bertz CT molecular complexity index is 615. The molecule has 2 aliphatic rings. The molecule has 0 aromatic heterocycles. The molecule has 0 spiro atoms. The van der Waals surface area contributed by atoms with Crippen molar-refractivity contribution in [1.29, 1.82) is 0 Å². The average Bonchev–Trinajstić information content (AvgIpc) is 3.20. The van der Waals surface area contributed by atoms with E-state index < -0.39 is 32.2 Å². The molecule has 0 amide bonds. The Balaban J connectivity index is 2.12. The Kier molecular flexibility index (Phi) is 10.1. The lowest BCUT2D eigenvalue weighted by Gasteiger charge is -2.27. The van der Waals surface area contributed by atoms with Crippen LogP contribution in [0.3, 0.4) is 0 Å². The molecular formula is C19H34NO9P. The summed E-state index contributed by atoms with van der Waals surface area (Å²) in [6, 6.07) is 0. The fraction of sp³-hybridized carbons (Fsp3) is 0.947. The number of hydrogen-bond acceptors (Lipinski definition) is 9. The number of methoxy groups -OCH3 is 3. The number of nitrogens with zero attached hydrogens (tertiary/aromatic N) is 1. The van der Waals surface area contributed by atoms with Crippen LogP contribution in [0.25, 0.3) is 4.85 Å². The summed E-state index contributed by atoms with van der Waals surface area (Å²) in [6.07, 6.45) is -2.39. The highest BCUT2D eigenvalue weighted by molar-refractivity contribution is 7.48. The van der Waals surface area contributed by atoms with Gasteiger partial charge in [-0.1, -0.05) is 6.92 Å². The van der Waals surface area contributed by atoms with Crippen molar-refractivity contribution in [3.05, 3.63) is 11.4 Å². The Morgan fingerprint density at radius 3 is 2.00 bits per heavy atom. The summed E-state index contributed by atoms with van der Waals surface area (Å²) in [5, 5.41) is 0. The zero-order chi connectivity index (χ0) is 22.3. The van der Waals surface area contributed by atoms with E-state index in [1.807, 2.05) is 20.8 Å². The standard InChI is InChI=1S/C19H34NO9P/c1-8-14-19(17(23-6)13(3)27-14)29-30(21,25-10-9-20-4)26-11-15-18(24-7)16(22-5)12(2)28-15/h12-19H,8-11H2,1-3,5-7H3/t12-,13-,14+,15+,16+,17+,18?,19?,30?/m0/s1. The van der Waals surface area contributed by atoms with Crippen LogP contribution in [0.5, 0.6) is 0 Å². The molecule has 0 aromatic rings. The zero-order valence-corrected chi connectivity index (χ0v) is 19.4. The fourth-order valence-corrected chi connectivity index (χ4v) is 5.34. The topological polar surface area (TPSA) is 95.3 Å². The van der Waals surface area contributed by atoms with E-state index in [9.17, 15) is 4.57 Å². The first kappa shape index (κ1) is 25.7. The highest BCUT2D eigenvalue weighted by Crippen LogP contribution is 2.53. The molecule has 0 radical (unpaired) electrons. The molecule has 2 rings (SSSR count). The van der Waals surface area contributed by atoms with Crippen LogP contribution in [-0.2, 0) is 41.8 Å². The van der Waals surface area contributed by atoms with Gasteiger partial charge in [-0.2, -0.15) is 0 Å². The summed E-state index contributed by atoms with van der Waals surface area (Å²) >= 11 is 0. The number of phosphoric acid groups is 1. The molecule has 0 N–H and O–H groups in total. The van der Waals surface area contributed by atoms with E-state index in [0.717, 1.165) is 0 Å². The Hall–Kier alpha value is -0.600. The van der Waals surface area contributed by atoms with Crippen molar-refractivity contribution in [2.45, 2.75) is 76.0 Å². The van der Waals surface area contributed by atoms with Gasteiger partial charge in [-0.15, -0.1) is 0 Å². The van der Waals surface area contributed by atoms with Crippen molar-refractivity contribution in [3.8, 4) is 0 Å². The van der Waals surface area contributed by atoms with E-state index >= 15 is 0 Å². The van der Waals surface area contributed by atoms with Crippen LogP contribution in [-0.4, -0.2) is 89.9 Å². The first-order valence-electron chi connectivity index (χ1n) is 10.1. The summed E-state index contributed by atoms with van der Waals surface area (Å²) in [6.45, 7) is 12.5. The van der Waals surface area contributed by atoms with Gasteiger partial charge in [0.05, 0.1) is 24.9 Å². The summed E-state index contributed by atoms with van der Waals surface area (Å²) in [5.74, 6) is 0. The molecule has 0 saturated carbocycles. The first-order valence-corrected chi connectivity index (χ1v) is 11.6. The second-order valence-electron chi connectivity index (χ2n) is 7.30. The van der Waals surface area contributed by atoms with E-state index in [1.54, 1.807) is 21.3 Å². The van der Waals surface area contributed by atoms with Gasteiger partial charge in [-0.05, 0) is 20.3 Å². The van der Waals surface area contributed by atoms with E-state index in [4.69, 9.17) is 43.8 Å². The Labute approximate surface area is 178 Å². The van der Waals surface area contributed by atoms with Gasteiger partial charge in [0.25, 0.3) is 0 Å². The number of ether oxygens (including phenoxy) is 5. The molecule has 0 aliphatic carbocycles. The third-order valence-corrected chi connectivity index (χ3v) is 6.87. The molecule has 2 heterocycles. The van der Waals surface area contributed by atoms with Gasteiger partial charge in [0.2, 0.25) is 6.54 Å². The van der Waals surface area contributed by atoms with Crippen LogP contribution < -0.4 is 0 Å². The van der Waals surface area contributed by atoms with Gasteiger partial charge in [0.1, 0.15) is 37.1 Å². The molecule has 2 fully saturated rings. The third-order valence-electron chi connectivity index (χ3n) is 5.40. The number of phosphoric ester groups is 1. The lowest BCUT2D eigenvalue weighted by atomic mass is 10.1. The quantitative estimate of drug-likeness (QED) is 0.252. The lowest BCUT2D eigenvalue weighted by molar-refractivity contribution is -0.0505. The van der Waals surface area contributed by atoms with Crippen molar-refractivity contribution in [2.24, 2.45) is 0 Å². The van der Waals surface area contributed by atoms with Crippen molar-refractivity contribution in [1.82, 2.24) is 0 Å². The molecule has 2 saturated heterocycles. The van der Waals surface area contributed by atoms with E-state index in [0.29, 0.717) is 6.42 Å². The van der Waals surface area contributed by atoms with Gasteiger partial charge in [-0.25, -0.2) is 11.1 Å². The van der Waals surface area contributed by atoms with Crippen molar-refractivity contribution in [3.63, 3.8) is 0 Å². The molecule has 30 heavy (non-hydrogen) atoms. The first-order chi connectivity index (χ1) is 14.3. The molecule has 2 aliphatic heterocycles. The van der Waals surface area contributed by atoms with Crippen molar-refractivity contribution in [2.75, 3.05) is 41.1 Å².